The number of aryl methyl sites for hydroxylation is 1. The number of hydrogen-bond acceptors (Lipinski definition) is 5. The molecule has 2 aromatic heterocycles. The van der Waals surface area contributed by atoms with E-state index in [0.717, 1.165) is 30.0 Å². The summed E-state index contributed by atoms with van der Waals surface area (Å²) in [5.41, 5.74) is 1.01. The summed E-state index contributed by atoms with van der Waals surface area (Å²) in [6.07, 6.45) is 0.223. The van der Waals surface area contributed by atoms with E-state index in [9.17, 15) is 13.2 Å². The lowest BCUT2D eigenvalue weighted by atomic mass is 9.81. The maximum Gasteiger partial charge on any atom is 0.416 e. The van der Waals surface area contributed by atoms with Crippen LogP contribution in [-0.2, 0) is 16.5 Å². The maximum absolute atomic E-state index is 13.5. The van der Waals surface area contributed by atoms with Crippen LogP contribution >= 0.6 is 0 Å². The SMILES string of the molecule is Cc1cc([C@@H](C)OC[C@@]2(c3ccccc3)CCC(N(c3ccccn3)c3ccccn3)CN2)cc(C(F)(F)F)c1. The number of nitrogens with zero attached hydrogens (tertiary/aromatic N) is 3. The fourth-order valence-electron chi connectivity index (χ4n) is 5.41. The topological polar surface area (TPSA) is 50.3 Å². The van der Waals surface area contributed by atoms with Crippen molar-refractivity contribution in [1.29, 1.82) is 0 Å². The molecule has 1 unspecified atom stereocenters. The first-order chi connectivity index (χ1) is 19.2. The van der Waals surface area contributed by atoms with Gasteiger partial charge in [-0.05, 0) is 74.2 Å². The van der Waals surface area contributed by atoms with Crippen LogP contribution in [-0.4, -0.2) is 29.2 Å². The molecule has 0 spiro atoms. The summed E-state index contributed by atoms with van der Waals surface area (Å²) in [4.78, 5) is 11.4. The zero-order valence-corrected chi connectivity index (χ0v) is 22.6. The molecule has 1 fully saturated rings. The van der Waals surface area contributed by atoms with Crippen molar-refractivity contribution in [1.82, 2.24) is 15.3 Å². The van der Waals surface area contributed by atoms with Crippen LogP contribution in [0.1, 0.15) is 48.1 Å². The number of ether oxygens (including phenoxy) is 1. The highest BCUT2D eigenvalue weighted by atomic mass is 19.4. The number of hydrogen-bond donors (Lipinski definition) is 1. The fraction of sp³-hybridized carbons (Fsp3) is 0.312. The lowest BCUT2D eigenvalue weighted by molar-refractivity contribution is -0.137. The van der Waals surface area contributed by atoms with Crippen molar-refractivity contribution < 1.29 is 17.9 Å². The van der Waals surface area contributed by atoms with Crippen LogP contribution in [0.4, 0.5) is 24.8 Å². The van der Waals surface area contributed by atoms with Crippen LogP contribution in [0.2, 0.25) is 0 Å². The Morgan fingerprint density at radius 3 is 2.15 bits per heavy atom. The molecule has 0 amide bonds. The molecule has 1 aliphatic rings. The van der Waals surface area contributed by atoms with E-state index in [-0.39, 0.29) is 6.04 Å². The van der Waals surface area contributed by atoms with Crippen molar-refractivity contribution in [2.24, 2.45) is 0 Å². The lowest BCUT2D eigenvalue weighted by Crippen LogP contribution is -2.56. The van der Waals surface area contributed by atoms with Gasteiger partial charge >= 0.3 is 6.18 Å². The molecule has 0 saturated carbocycles. The minimum Gasteiger partial charge on any atom is -0.372 e. The second-order valence-electron chi connectivity index (χ2n) is 10.4. The average molecular weight is 547 g/mol. The molecule has 208 valence electrons. The fourth-order valence-corrected chi connectivity index (χ4v) is 5.41. The second-order valence-corrected chi connectivity index (χ2v) is 10.4. The van der Waals surface area contributed by atoms with Gasteiger partial charge in [-0.3, -0.25) is 0 Å². The van der Waals surface area contributed by atoms with Crippen LogP contribution in [0.3, 0.4) is 0 Å². The Kier molecular flexibility index (Phi) is 8.19. The molecule has 5 rings (SSSR count). The second kappa shape index (κ2) is 11.8. The first-order valence-electron chi connectivity index (χ1n) is 13.5. The van der Waals surface area contributed by atoms with Crippen molar-refractivity contribution >= 4 is 11.6 Å². The number of rotatable bonds is 8. The molecule has 1 aliphatic heterocycles. The van der Waals surface area contributed by atoms with Crippen molar-refractivity contribution in [3.05, 3.63) is 120 Å². The van der Waals surface area contributed by atoms with Gasteiger partial charge < -0.3 is 15.0 Å². The summed E-state index contributed by atoms with van der Waals surface area (Å²) < 4.78 is 46.7. The molecule has 8 heteroatoms. The monoisotopic (exact) mass is 546 g/mol. The predicted molar refractivity (Wildman–Crippen MR) is 150 cm³/mol. The quantitative estimate of drug-likeness (QED) is 0.250. The molecule has 40 heavy (non-hydrogen) atoms. The normalized spacial score (nSPS) is 20.2. The molecule has 5 nitrogen and oxygen atoms in total. The van der Waals surface area contributed by atoms with Gasteiger partial charge in [0.15, 0.2) is 0 Å². The minimum absolute atomic E-state index is 0.0881. The third-order valence-electron chi connectivity index (χ3n) is 7.54. The van der Waals surface area contributed by atoms with E-state index in [1.54, 1.807) is 25.4 Å². The Bertz CT molecular complexity index is 1340. The van der Waals surface area contributed by atoms with Gasteiger partial charge in [0.25, 0.3) is 0 Å². The standard InChI is InChI=1S/C32H33F3N4O/c1-23-18-25(20-27(19-23)32(33,34)35)24(2)40-22-31(26-10-4-3-5-11-26)15-14-28(21-38-31)39(29-12-6-8-16-36-29)30-13-7-9-17-37-30/h3-13,16-20,24,28,38H,14-15,21-22H2,1-2H3/t24-,28?,31-/m1/s1. The maximum atomic E-state index is 13.5. The van der Waals surface area contributed by atoms with Crippen molar-refractivity contribution in [3.8, 4) is 0 Å². The Morgan fingerprint density at radius 2 is 1.60 bits per heavy atom. The first kappa shape index (κ1) is 27.8. The van der Waals surface area contributed by atoms with Gasteiger partial charge in [0.1, 0.15) is 11.6 Å². The molecule has 1 N–H and O–H groups in total. The molecule has 0 aliphatic carbocycles. The lowest BCUT2D eigenvalue weighted by Gasteiger charge is -2.45. The highest BCUT2D eigenvalue weighted by Crippen LogP contribution is 2.37. The Balaban J connectivity index is 1.38. The highest BCUT2D eigenvalue weighted by Gasteiger charge is 2.40. The number of pyridine rings is 2. The van der Waals surface area contributed by atoms with Gasteiger partial charge in [0, 0.05) is 25.0 Å². The number of anilines is 2. The first-order valence-corrected chi connectivity index (χ1v) is 13.5. The number of nitrogens with one attached hydrogen (secondary N) is 1. The molecule has 2 aromatic carbocycles. The van der Waals surface area contributed by atoms with E-state index in [0.29, 0.717) is 24.3 Å². The van der Waals surface area contributed by atoms with Gasteiger partial charge in [0.05, 0.1) is 23.8 Å². The zero-order valence-electron chi connectivity index (χ0n) is 22.6. The molecule has 1 saturated heterocycles. The molecule has 0 bridgehead atoms. The number of halogens is 3. The molecular weight excluding hydrogens is 513 g/mol. The number of benzene rings is 2. The van der Waals surface area contributed by atoms with Crippen molar-refractivity contribution in [2.75, 3.05) is 18.1 Å². The molecule has 3 heterocycles. The van der Waals surface area contributed by atoms with E-state index < -0.39 is 23.4 Å². The van der Waals surface area contributed by atoms with Gasteiger partial charge in [-0.15, -0.1) is 0 Å². The number of alkyl halides is 3. The summed E-state index contributed by atoms with van der Waals surface area (Å²) >= 11 is 0. The Hall–Kier alpha value is -3.75. The average Bonchev–Trinajstić information content (AvgIpc) is 2.98. The van der Waals surface area contributed by atoms with Gasteiger partial charge in [0.2, 0.25) is 0 Å². The predicted octanol–water partition coefficient (Wildman–Crippen LogP) is 7.37. The summed E-state index contributed by atoms with van der Waals surface area (Å²) in [7, 11) is 0. The summed E-state index contributed by atoms with van der Waals surface area (Å²) in [5.74, 6) is 1.65. The molecule has 3 atom stereocenters. The summed E-state index contributed by atoms with van der Waals surface area (Å²) in [6, 6.07) is 26.0. The number of aromatic nitrogens is 2. The smallest absolute Gasteiger partial charge is 0.372 e. The third-order valence-corrected chi connectivity index (χ3v) is 7.54. The largest absolute Gasteiger partial charge is 0.416 e. The summed E-state index contributed by atoms with van der Waals surface area (Å²) in [6.45, 7) is 4.44. The van der Waals surface area contributed by atoms with Gasteiger partial charge in [-0.25, -0.2) is 9.97 Å². The third kappa shape index (κ3) is 6.18. The van der Waals surface area contributed by atoms with Crippen LogP contribution < -0.4 is 10.2 Å². The summed E-state index contributed by atoms with van der Waals surface area (Å²) in [5, 5.41) is 3.77. The van der Waals surface area contributed by atoms with Crippen LogP contribution in [0, 0.1) is 6.92 Å². The Labute approximate surface area is 233 Å². The van der Waals surface area contributed by atoms with E-state index in [4.69, 9.17) is 4.74 Å². The molecule has 0 radical (unpaired) electrons. The minimum atomic E-state index is -4.40. The zero-order chi connectivity index (χ0) is 28.2. The van der Waals surface area contributed by atoms with E-state index in [1.165, 1.54) is 12.1 Å². The van der Waals surface area contributed by atoms with Crippen molar-refractivity contribution in [2.45, 2.75) is 50.6 Å². The van der Waals surface area contributed by atoms with E-state index >= 15 is 0 Å². The van der Waals surface area contributed by atoms with E-state index in [1.807, 2.05) is 61.5 Å². The molecular formula is C32H33F3N4O. The number of piperidine rings is 1. The Morgan fingerprint density at radius 1 is 0.950 bits per heavy atom. The van der Waals surface area contributed by atoms with Crippen LogP contribution in [0.15, 0.2) is 97.3 Å². The van der Waals surface area contributed by atoms with Crippen LogP contribution in [0.25, 0.3) is 0 Å². The van der Waals surface area contributed by atoms with E-state index in [2.05, 4.69) is 32.3 Å². The molecule has 4 aromatic rings. The van der Waals surface area contributed by atoms with Crippen molar-refractivity contribution in [3.63, 3.8) is 0 Å². The van der Waals surface area contributed by atoms with Gasteiger partial charge in [-0.2, -0.15) is 13.2 Å². The highest BCUT2D eigenvalue weighted by molar-refractivity contribution is 5.57. The van der Waals surface area contributed by atoms with Gasteiger partial charge in [-0.1, -0.05) is 54.1 Å². The van der Waals surface area contributed by atoms with Crippen LogP contribution in [0.5, 0.6) is 0 Å².